The summed E-state index contributed by atoms with van der Waals surface area (Å²) >= 11 is 0. The van der Waals surface area contributed by atoms with Gasteiger partial charge in [0, 0.05) is 25.1 Å². The number of hydrogen-bond acceptors (Lipinski definition) is 3. The van der Waals surface area contributed by atoms with Gasteiger partial charge in [0.25, 0.3) is 0 Å². The molecule has 0 aliphatic carbocycles. The molecule has 3 rings (SSSR count). The molecule has 0 saturated heterocycles. The molecule has 30 heavy (non-hydrogen) atoms. The Bertz CT molecular complexity index is 958. The summed E-state index contributed by atoms with van der Waals surface area (Å²) < 4.78 is 8.21. The summed E-state index contributed by atoms with van der Waals surface area (Å²) in [6.07, 6.45) is 1.82. The fourth-order valence-electron chi connectivity index (χ4n) is 3.55. The average Bonchev–Trinajstić information content (AvgIpc) is 3.12. The quantitative estimate of drug-likeness (QED) is 0.483. The Labute approximate surface area is 179 Å². The van der Waals surface area contributed by atoms with Crippen molar-refractivity contribution >= 4 is 5.91 Å². The maximum absolute atomic E-state index is 12.6. The zero-order valence-corrected chi connectivity index (χ0v) is 18.4. The summed E-state index contributed by atoms with van der Waals surface area (Å²) in [5, 5.41) is 4.84. The second-order valence-electron chi connectivity index (χ2n) is 7.31. The van der Waals surface area contributed by atoms with Gasteiger partial charge in [-0.25, -0.2) is 4.68 Å². The van der Waals surface area contributed by atoms with Gasteiger partial charge >= 0.3 is 0 Å². The number of carbonyl (C=O) groups excluding carboxylic acids is 1. The number of hydrogen-bond donors (Lipinski definition) is 0. The second-order valence-corrected chi connectivity index (χ2v) is 7.31. The summed E-state index contributed by atoms with van der Waals surface area (Å²) in [7, 11) is 0. The van der Waals surface area contributed by atoms with Crippen molar-refractivity contribution in [2.24, 2.45) is 0 Å². The molecule has 0 aliphatic heterocycles. The van der Waals surface area contributed by atoms with E-state index in [9.17, 15) is 4.79 Å². The number of para-hydroxylation sites is 1. The number of aromatic nitrogens is 2. The molecule has 0 fully saturated rings. The first kappa shape index (κ1) is 21.6. The molecule has 0 unspecified atom stereocenters. The van der Waals surface area contributed by atoms with Crippen molar-refractivity contribution < 1.29 is 9.53 Å². The molecule has 1 aromatic heterocycles. The lowest BCUT2D eigenvalue weighted by Gasteiger charge is -2.18. The van der Waals surface area contributed by atoms with Gasteiger partial charge < -0.3 is 9.64 Å². The number of rotatable bonds is 9. The Hall–Kier alpha value is -3.08. The van der Waals surface area contributed by atoms with Gasteiger partial charge in [0.1, 0.15) is 5.75 Å². The highest BCUT2D eigenvalue weighted by atomic mass is 16.5. The van der Waals surface area contributed by atoms with E-state index in [2.05, 4.69) is 13.8 Å². The number of benzene rings is 2. The van der Waals surface area contributed by atoms with Crippen LogP contribution in [-0.4, -0.2) is 33.7 Å². The Morgan fingerprint density at radius 1 is 1.00 bits per heavy atom. The summed E-state index contributed by atoms with van der Waals surface area (Å²) in [6, 6.07) is 18.0. The van der Waals surface area contributed by atoms with Gasteiger partial charge in [0.2, 0.25) is 11.8 Å². The molecule has 3 aromatic rings. The molecule has 5 nitrogen and oxygen atoms in total. The molecule has 0 atom stereocenters. The highest BCUT2D eigenvalue weighted by Gasteiger charge is 2.22. The molecule has 158 valence electrons. The molecule has 0 spiro atoms. The predicted molar refractivity (Wildman–Crippen MR) is 120 cm³/mol. The van der Waals surface area contributed by atoms with Crippen LogP contribution in [0.25, 0.3) is 5.69 Å². The predicted octanol–water partition coefficient (Wildman–Crippen LogP) is 5.34. The molecule has 1 amide bonds. The lowest BCUT2D eigenvalue weighted by atomic mass is 10.1. The fraction of sp³-hybridized carbons (Fsp3) is 0.360. The van der Waals surface area contributed by atoms with Crippen molar-refractivity contribution in [1.82, 2.24) is 14.7 Å². The van der Waals surface area contributed by atoms with E-state index in [1.165, 1.54) is 5.56 Å². The Morgan fingerprint density at radius 2 is 1.67 bits per heavy atom. The van der Waals surface area contributed by atoms with E-state index in [4.69, 9.17) is 9.84 Å². The smallest absolute Gasteiger partial charge is 0.226 e. The van der Waals surface area contributed by atoms with Crippen molar-refractivity contribution in [3.05, 3.63) is 71.4 Å². The zero-order chi connectivity index (χ0) is 21.5. The van der Waals surface area contributed by atoms with Gasteiger partial charge in [0.15, 0.2) is 0 Å². The lowest BCUT2D eigenvalue weighted by Crippen LogP contribution is -2.30. The van der Waals surface area contributed by atoms with Crippen LogP contribution in [0.5, 0.6) is 11.6 Å². The summed E-state index contributed by atoms with van der Waals surface area (Å²) in [5.74, 6) is 1.61. The molecule has 5 heteroatoms. The lowest BCUT2D eigenvalue weighted by molar-refractivity contribution is -0.130. The van der Waals surface area contributed by atoms with Crippen molar-refractivity contribution in [2.75, 3.05) is 13.1 Å². The number of nitrogens with zero attached hydrogens (tertiary/aromatic N) is 3. The van der Waals surface area contributed by atoms with Crippen LogP contribution < -0.4 is 4.74 Å². The molecule has 0 saturated carbocycles. The van der Waals surface area contributed by atoms with Crippen molar-refractivity contribution in [1.29, 1.82) is 0 Å². The fourth-order valence-corrected chi connectivity index (χ4v) is 3.55. The average molecular weight is 406 g/mol. The van der Waals surface area contributed by atoms with Crippen LogP contribution >= 0.6 is 0 Å². The van der Waals surface area contributed by atoms with Gasteiger partial charge in [-0.15, -0.1) is 0 Å². The van der Waals surface area contributed by atoms with E-state index >= 15 is 0 Å². The van der Waals surface area contributed by atoms with Crippen LogP contribution in [0.2, 0.25) is 0 Å². The van der Waals surface area contributed by atoms with Crippen molar-refractivity contribution in [2.45, 2.75) is 47.0 Å². The second kappa shape index (κ2) is 10.1. The maximum atomic E-state index is 12.6. The Kier molecular flexibility index (Phi) is 7.28. The van der Waals surface area contributed by atoms with Gasteiger partial charge in [-0.05, 0) is 57.9 Å². The monoisotopic (exact) mass is 405 g/mol. The van der Waals surface area contributed by atoms with Crippen LogP contribution in [0.15, 0.2) is 54.6 Å². The Balaban J connectivity index is 1.99. The van der Waals surface area contributed by atoms with Gasteiger partial charge in [-0.1, -0.05) is 42.8 Å². The number of ether oxygens (including phenoxy) is 1. The number of amides is 1. The maximum Gasteiger partial charge on any atom is 0.226 e. The summed E-state index contributed by atoms with van der Waals surface area (Å²) in [4.78, 5) is 14.5. The first-order valence-electron chi connectivity index (χ1n) is 10.8. The summed E-state index contributed by atoms with van der Waals surface area (Å²) in [6.45, 7) is 9.62. The summed E-state index contributed by atoms with van der Waals surface area (Å²) in [5.41, 5.74) is 4.09. The van der Waals surface area contributed by atoms with E-state index in [-0.39, 0.29) is 5.91 Å². The van der Waals surface area contributed by atoms with Crippen LogP contribution in [0, 0.1) is 6.92 Å². The van der Waals surface area contributed by atoms with E-state index in [1.807, 2.05) is 78.0 Å². The van der Waals surface area contributed by atoms with Crippen LogP contribution in [-0.2, 0) is 17.6 Å². The molecule has 0 aliphatic rings. The highest BCUT2D eigenvalue weighted by molar-refractivity contribution is 5.76. The molecule has 0 N–H and O–H groups in total. The third-order valence-corrected chi connectivity index (χ3v) is 5.30. The third-order valence-electron chi connectivity index (χ3n) is 5.30. The molecule has 2 aromatic carbocycles. The minimum Gasteiger partial charge on any atom is -0.439 e. The molecule has 1 heterocycles. The largest absolute Gasteiger partial charge is 0.439 e. The SMILES string of the molecule is CCc1nn(-c2ccccc2)c(Oc2ccc(C)cc2)c1CCC(=O)N(CC)CC. The van der Waals surface area contributed by atoms with Crippen LogP contribution in [0.3, 0.4) is 0 Å². The first-order valence-corrected chi connectivity index (χ1v) is 10.8. The number of aryl methyl sites for hydroxylation is 2. The highest BCUT2D eigenvalue weighted by Crippen LogP contribution is 2.32. The Morgan fingerprint density at radius 3 is 2.27 bits per heavy atom. The van der Waals surface area contributed by atoms with Crippen molar-refractivity contribution in [3.8, 4) is 17.3 Å². The molecular weight excluding hydrogens is 374 g/mol. The van der Waals surface area contributed by atoms with E-state index < -0.39 is 0 Å². The minimum absolute atomic E-state index is 0.163. The van der Waals surface area contributed by atoms with Gasteiger partial charge in [-0.2, -0.15) is 5.10 Å². The van der Waals surface area contributed by atoms with Gasteiger partial charge in [-0.3, -0.25) is 4.79 Å². The molecular formula is C25H31N3O2. The molecule has 0 bridgehead atoms. The third kappa shape index (κ3) is 4.90. The van der Waals surface area contributed by atoms with E-state index in [0.717, 1.165) is 42.2 Å². The normalized spacial score (nSPS) is 10.8. The topological polar surface area (TPSA) is 47.4 Å². The van der Waals surface area contributed by atoms with Crippen molar-refractivity contribution in [3.63, 3.8) is 0 Å². The molecule has 0 radical (unpaired) electrons. The van der Waals surface area contributed by atoms with E-state index in [0.29, 0.717) is 18.7 Å². The number of carbonyl (C=O) groups is 1. The van der Waals surface area contributed by atoms with Crippen LogP contribution in [0.1, 0.15) is 44.0 Å². The standard InChI is InChI=1S/C25H31N3O2/c1-5-23-22(17-18-24(29)27(6-2)7-3)25(30-21-15-13-19(4)14-16-21)28(26-23)20-11-9-8-10-12-20/h8-16H,5-7,17-18H2,1-4H3. The minimum atomic E-state index is 0.163. The van der Waals surface area contributed by atoms with Crippen LogP contribution in [0.4, 0.5) is 0 Å². The zero-order valence-electron chi connectivity index (χ0n) is 18.4. The first-order chi connectivity index (χ1) is 14.6. The van der Waals surface area contributed by atoms with Gasteiger partial charge in [0.05, 0.1) is 11.4 Å². The van der Waals surface area contributed by atoms with E-state index in [1.54, 1.807) is 0 Å².